The molecular weight excluding hydrogens is 312 g/mol. The molecule has 0 spiro atoms. The molecule has 0 saturated heterocycles. The Hall–Kier alpha value is -2.55. The third kappa shape index (κ3) is 3.07. The highest BCUT2D eigenvalue weighted by Gasteiger charge is 2.16. The molecule has 0 N–H and O–H groups in total. The maximum absolute atomic E-state index is 12.2. The van der Waals surface area contributed by atoms with Crippen LogP contribution in [0.4, 0.5) is 0 Å². The van der Waals surface area contributed by atoms with Crippen LogP contribution < -0.4 is 10.4 Å². The van der Waals surface area contributed by atoms with E-state index in [0.29, 0.717) is 17.1 Å². The number of ether oxygens (including phenoxy) is 1. The fourth-order valence-electron chi connectivity index (χ4n) is 3.29. The first-order valence-corrected chi connectivity index (χ1v) is 8.70. The fraction of sp³-hybridized carbons (Fsp3) is 0.318. The van der Waals surface area contributed by atoms with E-state index in [4.69, 9.17) is 9.15 Å². The summed E-state index contributed by atoms with van der Waals surface area (Å²) in [5.41, 5.74) is 5.30. The van der Waals surface area contributed by atoms with Gasteiger partial charge in [-0.05, 0) is 53.6 Å². The quantitative estimate of drug-likeness (QED) is 0.594. The highest BCUT2D eigenvalue weighted by molar-refractivity contribution is 5.92. The average molecular weight is 336 g/mol. The Balaban J connectivity index is 2.25. The van der Waals surface area contributed by atoms with Crippen molar-refractivity contribution in [2.75, 3.05) is 7.11 Å². The third-order valence-corrected chi connectivity index (χ3v) is 4.81. The van der Waals surface area contributed by atoms with Crippen molar-refractivity contribution in [1.82, 2.24) is 0 Å². The molecular formula is C22H24O3. The minimum Gasteiger partial charge on any atom is -0.496 e. The van der Waals surface area contributed by atoms with E-state index in [-0.39, 0.29) is 5.63 Å². The van der Waals surface area contributed by atoms with Gasteiger partial charge < -0.3 is 9.15 Å². The van der Waals surface area contributed by atoms with Gasteiger partial charge in [0.15, 0.2) is 0 Å². The Morgan fingerprint density at radius 2 is 1.76 bits per heavy atom. The summed E-state index contributed by atoms with van der Waals surface area (Å²) in [7, 11) is 1.65. The van der Waals surface area contributed by atoms with E-state index in [1.807, 2.05) is 26.0 Å². The summed E-state index contributed by atoms with van der Waals surface area (Å²) in [5.74, 6) is 1.23. The molecule has 2 aromatic carbocycles. The first kappa shape index (κ1) is 17.3. The minimum atomic E-state index is -0.279. The summed E-state index contributed by atoms with van der Waals surface area (Å²) < 4.78 is 11.2. The minimum absolute atomic E-state index is 0.279. The average Bonchev–Trinajstić information content (AvgIpc) is 2.62. The van der Waals surface area contributed by atoms with Crippen LogP contribution in [0.1, 0.15) is 43.4 Å². The molecule has 0 saturated carbocycles. The molecule has 25 heavy (non-hydrogen) atoms. The number of rotatable bonds is 4. The van der Waals surface area contributed by atoms with Gasteiger partial charge in [0.05, 0.1) is 12.5 Å². The van der Waals surface area contributed by atoms with E-state index in [1.54, 1.807) is 7.11 Å². The summed E-state index contributed by atoms with van der Waals surface area (Å²) in [6.45, 7) is 8.20. The van der Waals surface area contributed by atoms with Crippen molar-refractivity contribution in [2.45, 2.75) is 40.0 Å². The van der Waals surface area contributed by atoms with Gasteiger partial charge in [-0.15, -0.1) is 0 Å². The van der Waals surface area contributed by atoms with Gasteiger partial charge in [-0.25, -0.2) is 4.79 Å². The lowest BCUT2D eigenvalue weighted by Crippen LogP contribution is -2.08. The first-order chi connectivity index (χ1) is 12.0. The lowest BCUT2D eigenvalue weighted by atomic mass is 9.96. The lowest BCUT2D eigenvalue weighted by Gasteiger charge is -2.13. The summed E-state index contributed by atoms with van der Waals surface area (Å²) in [4.78, 5) is 12.2. The van der Waals surface area contributed by atoms with Crippen LogP contribution in [0.3, 0.4) is 0 Å². The van der Waals surface area contributed by atoms with E-state index in [1.165, 1.54) is 5.56 Å². The van der Waals surface area contributed by atoms with Crippen molar-refractivity contribution in [1.29, 1.82) is 0 Å². The Morgan fingerprint density at radius 3 is 2.32 bits per heavy atom. The van der Waals surface area contributed by atoms with E-state index in [0.717, 1.165) is 34.2 Å². The van der Waals surface area contributed by atoms with Crippen molar-refractivity contribution in [2.24, 2.45) is 0 Å². The highest BCUT2D eigenvalue weighted by atomic mass is 16.5. The summed E-state index contributed by atoms with van der Waals surface area (Å²) in [6, 6.07) is 12.4. The van der Waals surface area contributed by atoms with Gasteiger partial charge in [0.1, 0.15) is 11.3 Å². The predicted octanol–water partition coefficient (Wildman–Crippen LogP) is 5.46. The van der Waals surface area contributed by atoms with Crippen molar-refractivity contribution in [3.63, 3.8) is 0 Å². The van der Waals surface area contributed by atoms with Gasteiger partial charge in [0.2, 0.25) is 0 Å². The molecule has 1 aromatic heterocycles. The Labute approximate surface area is 148 Å². The number of fused-ring (bicyclic) bond motifs is 1. The van der Waals surface area contributed by atoms with Crippen molar-refractivity contribution < 1.29 is 9.15 Å². The zero-order chi connectivity index (χ0) is 18.1. The predicted molar refractivity (Wildman–Crippen MR) is 103 cm³/mol. The van der Waals surface area contributed by atoms with Crippen LogP contribution in [0.25, 0.3) is 22.1 Å². The van der Waals surface area contributed by atoms with Gasteiger partial charge in [0, 0.05) is 5.56 Å². The lowest BCUT2D eigenvalue weighted by molar-refractivity contribution is 0.418. The second-order valence-corrected chi connectivity index (χ2v) is 6.67. The number of benzene rings is 2. The summed E-state index contributed by atoms with van der Waals surface area (Å²) in [6.07, 6.45) is 0.757. The molecule has 0 aliphatic carbocycles. The van der Waals surface area contributed by atoms with Crippen LogP contribution in [0.2, 0.25) is 0 Å². The molecule has 0 atom stereocenters. The summed E-state index contributed by atoms with van der Waals surface area (Å²) in [5, 5.41) is 0.893. The molecule has 1 heterocycles. The van der Waals surface area contributed by atoms with Crippen LogP contribution >= 0.6 is 0 Å². The van der Waals surface area contributed by atoms with Gasteiger partial charge in [-0.1, -0.05) is 45.0 Å². The molecule has 3 nitrogen and oxygen atoms in total. The standard InChI is InChI=1S/C22H24O3/c1-6-18-14(4)22(23)25-20-12-17(11-19(24-5)21(18)20)16-9-7-15(8-10-16)13(2)3/h7-13H,6H2,1-5H3. The molecule has 0 unspecified atom stereocenters. The molecule has 3 rings (SSSR count). The normalized spacial score (nSPS) is 11.3. The fourth-order valence-corrected chi connectivity index (χ4v) is 3.29. The smallest absolute Gasteiger partial charge is 0.339 e. The van der Waals surface area contributed by atoms with Crippen LogP contribution in [-0.2, 0) is 6.42 Å². The molecule has 130 valence electrons. The zero-order valence-electron chi connectivity index (χ0n) is 15.5. The third-order valence-electron chi connectivity index (χ3n) is 4.81. The van der Waals surface area contributed by atoms with Crippen LogP contribution in [0, 0.1) is 6.92 Å². The molecule has 0 bridgehead atoms. The van der Waals surface area contributed by atoms with Crippen LogP contribution in [0.5, 0.6) is 5.75 Å². The van der Waals surface area contributed by atoms with Gasteiger partial charge in [-0.3, -0.25) is 0 Å². The second kappa shape index (κ2) is 6.75. The number of aryl methyl sites for hydroxylation is 1. The van der Waals surface area contributed by atoms with Crippen molar-refractivity contribution >= 4 is 11.0 Å². The maximum Gasteiger partial charge on any atom is 0.339 e. The zero-order valence-corrected chi connectivity index (χ0v) is 15.5. The van der Waals surface area contributed by atoms with Gasteiger partial charge in [0.25, 0.3) is 0 Å². The molecule has 0 aliphatic rings. The largest absolute Gasteiger partial charge is 0.496 e. The molecule has 3 aromatic rings. The monoisotopic (exact) mass is 336 g/mol. The van der Waals surface area contributed by atoms with Gasteiger partial charge >= 0.3 is 5.63 Å². The van der Waals surface area contributed by atoms with Gasteiger partial charge in [-0.2, -0.15) is 0 Å². The topological polar surface area (TPSA) is 39.4 Å². The van der Waals surface area contributed by atoms with E-state index < -0.39 is 0 Å². The van der Waals surface area contributed by atoms with Crippen LogP contribution in [-0.4, -0.2) is 7.11 Å². The van der Waals surface area contributed by atoms with Crippen LogP contribution in [0.15, 0.2) is 45.6 Å². The molecule has 0 fully saturated rings. The molecule has 0 radical (unpaired) electrons. The SMILES string of the molecule is CCc1c(C)c(=O)oc2cc(-c3ccc(C(C)C)cc3)cc(OC)c12. The van der Waals surface area contributed by atoms with E-state index >= 15 is 0 Å². The van der Waals surface area contributed by atoms with Crippen molar-refractivity contribution in [3.8, 4) is 16.9 Å². The highest BCUT2D eigenvalue weighted by Crippen LogP contribution is 2.35. The van der Waals surface area contributed by atoms with Crippen molar-refractivity contribution in [3.05, 3.63) is 63.5 Å². The number of hydrogen-bond donors (Lipinski definition) is 0. The number of methoxy groups -OCH3 is 1. The second-order valence-electron chi connectivity index (χ2n) is 6.67. The Bertz CT molecular complexity index is 963. The first-order valence-electron chi connectivity index (χ1n) is 8.70. The van der Waals surface area contributed by atoms with E-state index in [2.05, 4.69) is 38.1 Å². The molecule has 0 amide bonds. The molecule has 3 heteroatoms. The Kier molecular flexibility index (Phi) is 4.67. The summed E-state index contributed by atoms with van der Waals surface area (Å²) >= 11 is 0. The number of hydrogen-bond acceptors (Lipinski definition) is 3. The molecule has 0 aliphatic heterocycles. The Morgan fingerprint density at radius 1 is 1.08 bits per heavy atom. The maximum atomic E-state index is 12.2. The van der Waals surface area contributed by atoms with E-state index in [9.17, 15) is 4.79 Å².